The molecule has 0 radical (unpaired) electrons. The summed E-state index contributed by atoms with van der Waals surface area (Å²) in [7, 11) is 0. The van der Waals surface area contributed by atoms with Gasteiger partial charge in [-0.15, -0.1) is 10.2 Å². The quantitative estimate of drug-likeness (QED) is 0.889. The highest BCUT2D eigenvalue weighted by Gasteiger charge is 2.42. The maximum Gasteiger partial charge on any atom is 0.326 e. The van der Waals surface area contributed by atoms with Crippen LogP contribution in [-0.2, 0) is 4.79 Å². The third kappa shape index (κ3) is 1.98. The predicted octanol–water partition coefficient (Wildman–Crippen LogP) is 2.15. The molecule has 3 atom stereocenters. The molecular formula is C12H17N3O2S. The van der Waals surface area contributed by atoms with Crippen LogP contribution in [0, 0.1) is 5.92 Å². The zero-order chi connectivity index (χ0) is 12.5. The Kier molecular flexibility index (Phi) is 3.20. The number of rotatable bonds is 2. The molecule has 1 aliphatic carbocycles. The molecule has 2 aliphatic rings. The lowest BCUT2D eigenvalue weighted by Gasteiger charge is -2.46. The number of carboxylic acid groups (broad SMARTS) is 1. The molecule has 0 bridgehead atoms. The van der Waals surface area contributed by atoms with Crippen LogP contribution in [0.4, 0.5) is 5.13 Å². The van der Waals surface area contributed by atoms with Crippen molar-refractivity contribution in [1.82, 2.24) is 10.2 Å². The smallest absolute Gasteiger partial charge is 0.326 e. The number of carbonyl (C=O) groups is 1. The Morgan fingerprint density at radius 1 is 1.33 bits per heavy atom. The Morgan fingerprint density at radius 3 is 2.89 bits per heavy atom. The number of piperidine rings is 1. The van der Waals surface area contributed by atoms with Crippen molar-refractivity contribution in [1.29, 1.82) is 0 Å². The van der Waals surface area contributed by atoms with Gasteiger partial charge in [-0.1, -0.05) is 24.2 Å². The zero-order valence-electron chi connectivity index (χ0n) is 10.2. The van der Waals surface area contributed by atoms with Crippen molar-refractivity contribution in [3.63, 3.8) is 0 Å². The Balaban J connectivity index is 1.92. The largest absolute Gasteiger partial charge is 0.480 e. The van der Waals surface area contributed by atoms with E-state index in [4.69, 9.17) is 0 Å². The van der Waals surface area contributed by atoms with Crippen molar-refractivity contribution in [2.24, 2.45) is 5.92 Å². The molecule has 1 aromatic heterocycles. The average Bonchev–Trinajstić information content (AvgIpc) is 2.90. The summed E-state index contributed by atoms with van der Waals surface area (Å²) in [5.74, 6) is -0.0903. The van der Waals surface area contributed by atoms with Gasteiger partial charge in [0.1, 0.15) is 11.6 Å². The molecule has 98 valence electrons. The second-order valence-corrected chi connectivity index (χ2v) is 5.98. The molecule has 2 heterocycles. The lowest BCUT2D eigenvalue weighted by atomic mass is 9.76. The van der Waals surface area contributed by atoms with Gasteiger partial charge in [0, 0.05) is 6.04 Å². The summed E-state index contributed by atoms with van der Waals surface area (Å²) in [6, 6.07) is -0.0705. The molecule has 0 amide bonds. The topological polar surface area (TPSA) is 66.3 Å². The van der Waals surface area contributed by atoms with Gasteiger partial charge in [0.2, 0.25) is 5.13 Å². The van der Waals surface area contributed by atoms with Crippen molar-refractivity contribution in [2.75, 3.05) is 4.90 Å². The Morgan fingerprint density at radius 2 is 2.17 bits per heavy atom. The van der Waals surface area contributed by atoms with Crippen molar-refractivity contribution in [3.8, 4) is 0 Å². The Labute approximate surface area is 110 Å². The minimum Gasteiger partial charge on any atom is -0.480 e. The third-order valence-corrected chi connectivity index (χ3v) is 4.93. The normalized spacial score (nSPS) is 32.0. The van der Waals surface area contributed by atoms with E-state index in [9.17, 15) is 9.90 Å². The summed E-state index contributed by atoms with van der Waals surface area (Å²) in [6.07, 6.45) is 6.57. The van der Waals surface area contributed by atoms with Gasteiger partial charge in [0.25, 0.3) is 0 Å². The number of aliphatic carboxylic acids is 1. The van der Waals surface area contributed by atoms with Crippen LogP contribution in [0.1, 0.15) is 38.5 Å². The molecule has 6 heteroatoms. The number of hydrogen-bond acceptors (Lipinski definition) is 5. The minimum absolute atomic E-state index is 0.349. The predicted molar refractivity (Wildman–Crippen MR) is 68.8 cm³/mol. The zero-order valence-corrected chi connectivity index (χ0v) is 11.0. The molecule has 1 aliphatic heterocycles. The molecule has 0 spiro atoms. The fraction of sp³-hybridized carbons (Fsp3) is 0.750. The third-order valence-electron chi connectivity index (χ3n) is 4.23. The molecule has 2 fully saturated rings. The van der Waals surface area contributed by atoms with Crippen molar-refractivity contribution in [2.45, 2.75) is 50.6 Å². The first-order valence-electron chi connectivity index (χ1n) is 6.54. The summed E-state index contributed by atoms with van der Waals surface area (Å²) in [5.41, 5.74) is 1.68. The van der Waals surface area contributed by atoms with E-state index in [1.807, 2.05) is 4.90 Å². The Hall–Kier alpha value is -1.17. The van der Waals surface area contributed by atoms with Crippen molar-refractivity contribution >= 4 is 22.4 Å². The maximum absolute atomic E-state index is 11.4. The van der Waals surface area contributed by atoms with Crippen LogP contribution in [0.3, 0.4) is 0 Å². The maximum atomic E-state index is 11.4. The molecule has 5 nitrogen and oxygen atoms in total. The van der Waals surface area contributed by atoms with E-state index < -0.39 is 12.0 Å². The summed E-state index contributed by atoms with van der Waals surface area (Å²) in [5, 5.41) is 18.1. The molecule has 1 aromatic rings. The van der Waals surface area contributed by atoms with Crippen LogP contribution in [0.5, 0.6) is 0 Å². The monoisotopic (exact) mass is 267 g/mol. The summed E-state index contributed by atoms with van der Waals surface area (Å²) in [6.45, 7) is 0. The molecule has 1 N–H and O–H groups in total. The lowest BCUT2D eigenvalue weighted by molar-refractivity contribution is -0.139. The van der Waals surface area contributed by atoms with E-state index in [2.05, 4.69) is 10.2 Å². The number of carboxylic acids is 1. The van der Waals surface area contributed by atoms with Gasteiger partial charge in [-0.25, -0.2) is 4.79 Å². The number of aromatic nitrogens is 2. The average molecular weight is 267 g/mol. The van der Waals surface area contributed by atoms with Crippen molar-refractivity contribution in [3.05, 3.63) is 5.51 Å². The van der Waals surface area contributed by atoms with Gasteiger partial charge >= 0.3 is 5.97 Å². The summed E-state index contributed by atoms with van der Waals surface area (Å²) >= 11 is 1.45. The van der Waals surface area contributed by atoms with Crippen LogP contribution in [-0.4, -0.2) is 33.4 Å². The van der Waals surface area contributed by atoms with E-state index in [1.165, 1.54) is 30.6 Å². The van der Waals surface area contributed by atoms with Crippen LogP contribution in [0.2, 0.25) is 0 Å². The number of nitrogens with zero attached hydrogens (tertiary/aromatic N) is 3. The second-order valence-electron chi connectivity index (χ2n) is 5.17. The fourth-order valence-corrected chi connectivity index (χ4v) is 4.10. The number of anilines is 1. The van der Waals surface area contributed by atoms with Gasteiger partial charge in [0.15, 0.2) is 0 Å². The molecule has 1 saturated carbocycles. The van der Waals surface area contributed by atoms with Crippen LogP contribution in [0.25, 0.3) is 0 Å². The summed E-state index contributed by atoms with van der Waals surface area (Å²) < 4.78 is 0. The van der Waals surface area contributed by atoms with Gasteiger partial charge in [0.05, 0.1) is 0 Å². The van der Waals surface area contributed by atoms with E-state index in [1.54, 1.807) is 5.51 Å². The van der Waals surface area contributed by atoms with Gasteiger partial charge in [-0.3, -0.25) is 0 Å². The highest BCUT2D eigenvalue weighted by molar-refractivity contribution is 7.13. The Bertz CT molecular complexity index is 423. The van der Waals surface area contributed by atoms with Gasteiger partial charge in [-0.05, 0) is 31.6 Å². The molecule has 0 aromatic carbocycles. The molecule has 3 rings (SSSR count). The molecule has 3 unspecified atom stereocenters. The van der Waals surface area contributed by atoms with E-state index in [-0.39, 0.29) is 0 Å². The molecular weight excluding hydrogens is 250 g/mol. The lowest BCUT2D eigenvalue weighted by Crippen LogP contribution is -2.55. The summed E-state index contributed by atoms with van der Waals surface area (Å²) in [4.78, 5) is 13.5. The van der Waals surface area contributed by atoms with Crippen LogP contribution < -0.4 is 4.90 Å². The van der Waals surface area contributed by atoms with E-state index >= 15 is 0 Å². The SMILES string of the molecule is O=C(O)C1CCC2CCCCC2N1c1nncs1. The van der Waals surface area contributed by atoms with Crippen LogP contribution in [0.15, 0.2) is 5.51 Å². The fourth-order valence-electron chi connectivity index (χ4n) is 3.43. The highest BCUT2D eigenvalue weighted by Crippen LogP contribution is 2.40. The first-order valence-corrected chi connectivity index (χ1v) is 7.42. The van der Waals surface area contributed by atoms with Gasteiger partial charge in [-0.2, -0.15) is 0 Å². The first kappa shape index (κ1) is 11.9. The molecule has 18 heavy (non-hydrogen) atoms. The highest BCUT2D eigenvalue weighted by atomic mass is 32.1. The van der Waals surface area contributed by atoms with Crippen molar-refractivity contribution < 1.29 is 9.90 Å². The number of hydrogen-bond donors (Lipinski definition) is 1. The van der Waals surface area contributed by atoms with Crippen LogP contribution >= 0.6 is 11.3 Å². The minimum atomic E-state index is -0.728. The first-order chi connectivity index (χ1) is 8.77. The standard InChI is InChI=1S/C12H17N3O2S/c16-11(17)10-6-5-8-3-1-2-4-9(8)15(10)12-14-13-7-18-12/h7-10H,1-6H2,(H,16,17). The van der Waals surface area contributed by atoms with E-state index in [0.29, 0.717) is 12.0 Å². The molecule has 1 saturated heterocycles. The number of fused-ring (bicyclic) bond motifs is 1. The van der Waals surface area contributed by atoms with Gasteiger partial charge < -0.3 is 10.0 Å². The van der Waals surface area contributed by atoms with E-state index in [0.717, 1.165) is 24.4 Å². The second kappa shape index (κ2) is 4.84.